The second-order valence-corrected chi connectivity index (χ2v) is 8.51. The van der Waals surface area contributed by atoms with Crippen molar-refractivity contribution in [3.63, 3.8) is 0 Å². The van der Waals surface area contributed by atoms with Gasteiger partial charge in [0.1, 0.15) is 12.6 Å². The van der Waals surface area contributed by atoms with E-state index in [2.05, 4.69) is 0 Å². The third-order valence-corrected chi connectivity index (χ3v) is 6.00. The first-order valence-corrected chi connectivity index (χ1v) is 10.4. The van der Waals surface area contributed by atoms with E-state index in [9.17, 15) is 18.0 Å². The Balaban J connectivity index is 1.69. The lowest BCUT2D eigenvalue weighted by Crippen LogP contribution is -2.59. The zero-order chi connectivity index (χ0) is 18.7. The number of carbonyl (C=O) groups excluding carboxylic acids is 2. The standard InChI is InChI=1S/C17H23N3O5S/c1-26(23,24)19-9-7-18(8-10-19)17(22)15-12-25-13-16(21)20(15)11-14-5-3-2-4-6-14/h2-6,15H,7-13H2,1H3. The number of benzene rings is 1. The molecular weight excluding hydrogens is 358 g/mol. The highest BCUT2D eigenvalue weighted by Crippen LogP contribution is 2.17. The third kappa shape index (κ3) is 4.22. The number of ether oxygens (including phenoxy) is 1. The summed E-state index contributed by atoms with van der Waals surface area (Å²) in [7, 11) is -3.25. The molecular formula is C17H23N3O5S. The number of piperazine rings is 1. The van der Waals surface area contributed by atoms with Gasteiger partial charge >= 0.3 is 0 Å². The van der Waals surface area contributed by atoms with Gasteiger partial charge in [0.2, 0.25) is 21.8 Å². The Bertz CT molecular complexity index is 760. The molecule has 0 aromatic heterocycles. The number of hydrogen-bond acceptors (Lipinski definition) is 5. The highest BCUT2D eigenvalue weighted by atomic mass is 32.2. The van der Waals surface area contributed by atoms with Crippen LogP contribution in [0.25, 0.3) is 0 Å². The molecule has 1 aromatic carbocycles. The Morgan fingerprint density at radius 1 is 1.15 bits per heavy atom. The van der Waals surface area contributed by atoms with Gasteiger partial charge in [0, 0.05) is 32.7 Å². The quantitative estimate of drug-likeness (QED) is 0.703. The summed E-state index contributed by atoms with van der Waals surface area (Å²) in [5.74, 6) is -0.407. The molecule has 9 heteroatoms. The van der Waals surface area contributed by atoms with E-state index in [1.54, 1.807) is 9.80 Å². The SMILES string of the molecule is CS(=O)(=O)N1CCN(C(=O)C2COCC(=O)N2Cc2ccccc2)CC1. The lowest BCUT2D eigenvalue weighted by molar-refractivity contribution is -0.160. The van der Waals surface area contributed by atoms with Crippen LogP contribution in [0.15, 0.2) is 30.3 Å². The molecule has 2 aliphatic rings. The van der Waals surface area contributed by atoms with E-state index in [4.69, 9.17) is 4.74 Å². The number of sulfonamides is 1. The van der Waals surface area contributed by atoms with Gasteiger partial charge < -0.3 is 14.5 Å². The number of amides is 2. The molecule has 0 saturated carbocycles. The molecule has 0 bridgehead atoms. The predicted octanol–water partition coefficient (Wildman–Crippen LogP) is -0.482. The lowest BCUT2D eigenvalue weighted by Gasteiger charge is -2.40. The first-order valence-electron chi connectivity index (χ1n) is 8.51. The van der Waals surface area contributed by atoms with Crippen molar-refractivity contribution in [3.8, 4) is 0 Å². The van der Waals surface area contributed by atoms with Crippen molar-refractivity contribution in [2.45, 2.75) is 12.6 Å². The van der Waals surface area contributed by atoms with Crippen molar-refractivity contribution in [2.75, 3.05) is 45.6 Å². The van der Waals surface area contributed by atoms with Crippen LogP contribution in [-0.2, 0) is 30.9 Å². The molecule has 1 aromatic rings. The minimum absolute atomic E-state index is 0.0293. The summed E-state index contributed by atoms with van der Waals surface area (Å²) >= 11 is 0. The summed E-state index contributed by atoms with van der Waals surface area (Å²) < 4.78 is 29.9. The number of hydrogen-bond donors (Lipinski definition) is 0. The average molecular weight is 381 g/mol. The van der Waals surface area contributed by atoms with E-state index < -0.39 is 16.1 Å². The topological polar surface area (TPSA) is 87.2 Å². The fraction of sp³-hybridized carbons (Fsp3) is 0.529. The zero-order valence-corrected chi connectivity index (χ0v) is 15.5. The Morgan fingerprint density at radius 2 is 1.81 bits per heavy atom. The second kappa shape index (κ2) is 7.73. The van der Waals surface area contributed by atoms with Crippen molar-refractivity contribution in [2.24, 2.45) is 0 Å². The van der Waals surface area contributed by atoms with Crippen molar-refractivity contribution in [1.29, 1.82) is 0 Å². The van der Waals surface area contributed by atoms with Gasteiger partial charge in [-0.3, -0.25) is 9.59 Å². The number of rotatable bonds is 4. The minimum atomic E-state index is -3.25. The molecule has 8 nitrogen and oxygen atoms in total. The van der Waals surface area contributed by atoms with Crippen LogP contribution in [0.2, 0.25) is 0 Å². The van der Waals surface area contributed by atoms with Crippen LogP contribution < -0.4 is 0 Å². The Kier molecular flexibility index (Phi) is 5.59. The monoisotopic (exact) mass is 381 g/mol. The van der Waals surface area contributed by atoms with Gasteiger partial charge in [-0.15, -0.1) is 0 Å². The van der Waals surface area contributed by atoms with Crippen LogP contribution in [0.4, 0.5) is 0 Å². The number of morpholine rings is 1. The average Bonchev–Trinajstić information content (AvgIpc) is 2.63. The lowest BCUT2D eigenvalue weighted by atomic mass is 10.1. The summed E-state index contributed by atoms with van der Waals surface area (Å²) in [4.78, 5) is 28.4. The van der Waals surface area contributed by atoms with Gasteiger partial charge in [0.15, 0.2) is 0 Å². The van der Waals surface area contributed by atoms with Gasteiger partial charge in [-0.05, 0) is 5.56 Å². The van der Waals surface area contributed by atoms with Gasteiger partial charge in [-0.1, -0.05) is 30.3 Å². The maximum absolute atomic E-state index is 12.9. The smallest absolute Gasteiger partial charge is 0.249 e. The molecule has 2 aliphatic heterocycles. The van der Waals surface area contributed by atoms with Crippen LogP contribution in [0.5, 0.6) is 0 Å². The number of nitrogens with zero attached hydrogens (tertiary/aromatic N) is 3. The van der Waals surface area contributed by atoms with E-state index in [0.29, 0.717) is 19.6 Å². The molecule has 0 radical (unpaired) electrons. The summed E-state index contributed by atoms with van der Waals surface area (Å²) in [6, 6.07) is 8.82. The van der Waals surface area contributed by atoms with E-state index in [-0.39, 0.29) is 38.1 Å². The van der Waals surface area contributed by atoms with Crippen molar-refractivity contribution in [1.82, 2.24) is 14.1 Å². The summed E-state index contributed by atoms with van der Waals surface area (Å²) in [5, 5.41) is 0. The molecule has 2 saturated heterocycles. The first kappa shape index (κ1) is 18.8. The Hall–Kier alpha value is -1.97. The number of carbonyl (C=O) groups is 2. The summed E-state index contributed by atoms with van der Waals surface area (Å²) in [6.07, 6.45) is 1.17. The third-order valence-electron chi connectivity index (χ3n) is 4.70. The maximum Gasteiger partial charge on any atom is 0.249 e. The van der Waals surface area contributed by atoms with Crippen molar-refractivity contribution < 1.29 is 22.7 Å². The molecule has 142 valence electrons. The van der Waals surface area contributed by atoms with Crippen LogP contribution >= 0.6 is 0 Å². The zero-order valence-electron chi connectivity index (χ0n) is 14.7. The molecule has 26 heavy (non-hydrogen) atoms. The highest BCUT2D eigenvalue weighted by molar-refractivity contribution is 7.88. The first-order chi connectivity index (χ1) is 12.4. The molecule has 2 heterocycles. The Morgan fingerprint density at radius 3 is 2.42 bits per heavy atom. The fourth-order valence-corrected chi connectivity index (χ4v) is 4.07. The fourth-order valence-electron chi connectivity index (χ4n) is 3.24. The molecule has 0 aliphatic carbocycles. The van der Waals surface area contributed by atoms with Gasteiger partial charge in [0.05, 0.1) is 12.9 Å². The van der Waals surface area contributed by atoms with Gasteiger partial charge in [-0.25, -0.2) is 8.42 Å². The minimum Gasteiger partial charge on any atom is -0.369 e. The van der Waals surface area contributed by atoms with E-state index in [0.717, 1.165) is 5.56 Å². The van der Waals surface area contributed by atoms with Gasteiger partial charge in [-0.2, -0.15) is 4.31 Å². The summed E-state index contributed by atoms with van der Waals surface area (Å²) in [5.41, 5.74) is 0.947. The van der Waals surface area contributed by atoms with Crippen molar-refractivity contribution >= 4 is 21.8 Å². The Labute approximate surface area is 153 Å². The predicted molar refractivity (Wildman–Crippen MR) is 94.6 cm³/mol. The van der Waals surface area contributed by atoms with Crippen LogP contribution in [0.1, 0.15) is 5.56 Å². The molecule has 2 fully saturated rings. The van der Waals surface area contributed by atoms with Crippen molar-refractivity contribution in [3.05, 3.63) is 35.9 Å². The molecule has 0 N–H and O–H groups in total. The van der Waals surface area contributed by atoms with E-state index in [1.807, 2.05) is 30.3 Å². The summed E-state index contributed by atoms with van der Waals surface area (Å²) in [6.45, 7) is 1.64. The molecule has 0 spiro atoms. The van der Waals surface area contributed by atoms with Crippen LogP contribution in [-0.4, -0.2) is 86.0 Å². The van der Waals surface area contributed by atoms with Crippen LogP contribution in [0.3, 0.4) is 0 Å². The molecule has 2 amide bonds. The normalized spacial score (nSPS) is 22.5. The van der Waals surface area contributed by atoms with E-state index in [1.165, 1.54) is 10.6 Å². The largest absolute Gasteiger partial charge is 0.369 e. The second-order valence-electron chi connectivity index (χ2n) is 6.53. The van der Waals surface area contributed by atoms with Gasteiger partial charge in [0.25, 0.3) is 0 Å². The molecule has 3 rings (SSSR count). The molecule has 1 unspecified atom stereocenters. The molecule has 1 atom stereocenters. The van der Waals surface area contributed by atoms with E-state index >= 15 is 0 Å². The highest BCUT2D eigenvalue weighted by Gasteiger charge is 2.38. The maximum atomic E-state index is 12.9. The van der Waals surface area contributed by atoms with Crippen LogP contribution in [0, 0.1) is 0 Å².